The summed E-state index contributed by atoms with van der Waals surface area (Å²) < 4.78 is 13.8. The lowest BCUT2D eigenvalue weighted by Gasteiger charge is -2.49. The molecule has 0 amide bonds. The SMILES string of the molecule is CC(C)C1(O)CN(Cc2cccc(F)c2Br)C1. The number of aliphatic hydroxyl groups is 1. The average molecular weight is 302 g/mol. The van der Waals surface area contributed by atoms with Gasteiger partial charge in [-0.3, -0.25) is 4.90 Å². The normalized spacial score (nSPS) is 19.4. The summed E-state index contributed by atoms with van der Waals surface area (Å²) in [6, 6.07) is 5.05. The Balaban J connectivity index is 1.99. The smallest absolute Gasteiger partial charge is 0.137 e. The number of nitrogens with zero attached hydrogens (tertiary/aromatic N) is 1. The van der Waals surface area contributed by atoms with E-state index in [2.05, 4.69) is 20.8 Å². The van der Waals surface area contributed by atoms with Crippen molar-refractivity contribution in [2.75, 3.05) is 13.1 Å². The van der Waals surface area contributed by atoms with Crippen LogP contribution in [0.4, 0.5) is 4.39 Å². The molecule has 0 radical (unpaired) electrons. The highest BCUT2D eigenvalue weighted by Gasteiger charge is 2.43. The van der Waals surface area contributed by atoms with Crippen LogP contribution in [0, 0.1) is 11.7 Å². The molecule has 1 N–H and O–H groups in total. The summed E-state index contributed by atoms with van der Waals surface area (Å²) in [6.07, 6.45) is 0. The summed E-state index contributed by atoms with van der Waals surface area (Å²) in [4.78, 5) is 2.12. The Morgan fingerprint density at radius 2 is 2.12 bits per heavy atom. The van der Waals surface area contributed by atoms with Crippen molar-refractivity contribution in [2.24, 2.45) is 5.92 Å². The van der Waals surface area contributed by atoms with Gasteiger partial charge in [-0.25, -0.2) is 4.39 Å². The number of likely N-dealkylation sites (tertiary alicyclic amines) is 1. The van der Waals surface area contributed by atoms with Gasteiger partial charge in [-0.2, -0.15) is 0 Å². The van der Waals surface area contributed by atoms with Gasteiger partial charge in [-0.15, -0.1) is 0 Å². The topological polar surface area (TPSA) is 23.5 Å². The van der Waals surface area contributed by atoms with E-state index >= 15 is 0 Å². The van der Waals surface area contributed by atoms with E-state index in [4.69, 9.17) is 0 Å². The summed E-state index contributed by atoms with van der Waals surface area (Å²) in [7, 11) is 0. The van der Waals surface area contributed by atoms with Gasteiger partial charge in [0.1, 0.15) is 5.82 Å². The Morgan fingerprint density at radius 1 is 1.47 bits per heavy atom. The highest BCUT2D eigenvalue weighted by atomic mass is 79.9. The lowest BCUT2D eigenvalue weighted by atomic mass is 9.83. The zero-order valence-corrected chi connectivity index (χ0v) is 11.7. The van der Waals surface area contributed by atoms with E-state index in [1.54, 1.807) is 6.07 Å². The molecular weight excluding hydrogens is 285 g/mol. The molecule has 4 heteroatoms. The van der Waals surface area contributed by atoms with Gasteiger partial charge in [0.15, 0.2) is 0 Å². The zero-order chi connectivity index (χ0) is 12.6. The first-order valence-corrected chi connectivity index (χ1v) is 6.59. The number of benzene rings is 1. The van der Waals surface area contributed by atoms with Crippen LogP contribution in [0.3, 0.4) is 0 Å². The van der Waals surface area contributed by atoms with Gasteiger partial charge in [-0.1, -0.05) is 26.0 Å². The van der Waals surface area contributed by atoms with Crippen LogP contribution in [0.25, 0.3) is 0 Å². The number of rotatable bonds is 3. The number of β-amino-alcohol motifs (C(OH)–C–C–N with tert-alkyl or cyclic N) is 1. The maximum atomic E-state index is 13.3. The van der Waals surface area contributed by atoms with Crippen molar-refractivity contribution >= 4 is 15.9 Å². The summed E-state index contributed by atoms with van der Waals surface area (Å²) in [5.74, 6) is 0.0249. The predicted octanol–water partition coefficient (Wildman–Crippen LogP) is 2.79. The van der Waals surface area contributed by atoms with E-state index in [0.717, 1.165) is 5.56 Å². The average Bonchev–Trinajstić information content (AvgIpc) is 2.22. The van der Waals surface area contributed by atoms with Crippen molar-refractivity contribution in [1.82, 2.24) is 4.90 Å². The van der Waals surface area contributed by atoms with Gasteiger partial charge in [0.2, 0.25) is 0 Å². The number of halogens is 2. The number of hydrogen-bond acceptors (Lipinski definition) is 2. The van der Waals surface area contributed by atoms with Crippen LogP contribution in [-0.4, -0.2) is 28.7 Å². The first kappa shape index (κ1) is 13.0. The van der Waals surface area contributed by atoms with Crippen molar-refractivity contribution < 1.29 is 9.50 Å². The summed E-state index contributed by atoms with van der Waals surface area (Å²) >= 11 is 3.26. The minimum absolute atomic E-state index is 0.234. The van der Waals surface area contributed by atoms with Crippen molar-refractivity contribution in [3.05, 3.63) is 34.1 Å². The third-order valence-electron chi connectivity index (χ3n) is 3.50. The molecule has 0 unspecified atom stereocenters. The summed E-state index contributed by atoms with van der Waals surface area (Å²) in [6.45, 7) is 6.04. The van der Waals surface area contributed by atoms with Gasteiger partial charge < -0.3 is 5.11 Å². The van der Waals surface area contributed by atoms with E-state index in [-0.39, 0.29) is 11.7 Å². The fraction of sp³-hybridized carbons (Fsp3) is 0.538. The lowest BCUT2D eigenvalue weighted by Crippen LogP contribution is -2.63. The van der Waals surface area contributed by atoms with Gasteiger partial charge in [0.05, 0.1) is 10.1 Å². The second-order valence-corrected chi connectivity index (χ2v) is 5.91. The molecule has 0 bridgehead atoms. The van der Waals surface area contributed by atoms with Gasteiger partial charge >= 0.3 is 0 Å². The first-order chi connectivity index (χ1) is 7.92. The summed E-state index contributed by atoms with van der Waals surface area (Å²) in [5.41, 5.74) is 0.357. The van der Waals surface area contributed by atoms with E-state index in [1.807, 2.05) is 19.9 Å². The van der Waals surface area contributed by atoms with Gasteiger partial charge in [0.25, 0.3) is 0 Å². The molecule has 1 saturated heterocycles. The minimum Gasteiger partial charge on any atom is -0.387 e. The van der Waals surface area contributed by atoms with Crippen molar-refractivity contribution in [1.29, 1.82) is 0 Å². The van der Waals surface area contributed by atoms with E-state index in [9.17, 15) is 9.50 Å². The summed E-state index contributed by atoms with van der Waals surface area (Å²) in [5, 5.41) is 10.1. The van der Waals surface area contributed by atoms with Crippen LogP contribution < -0.4 is 0 Å². The molecule has 0 spiro atoms. The highest BCUT2D eigenvalue weighted by molar-refractivity contribution is 9.10. The molecule has 2 nitrogen and oxygen atoms in total. The molecule has 2 rings (SSSR count). The molecule has 17 heavy (non-hydrogen) atoms. The molecule has 0 aliphatic carbocycles. The van der Waals surface area contributed by atoms with Crippen molar-refractivity contribution in [2.45, 2.75) is 26.0 Å². The fourth-order valence-corrected chi connectivity index (χ4v) is 2.51. The predicted molar refractivity (Wildman–Crippen MR) is 69.2 cm³/mol. The number of hydrogen-bond donors (Lipinski definition) is 1. The molecule has 94 valence electrons. The van der Waals surface area contributed by atoms with E-state index < -0.39 is 5.60 Å². The second-order valence-electron chi connectivity index (χ2n) is 5.12. The Kier molecular flexibility index (Phi) is 3.57. The van der Waals surface area contributed by atoms with Crippen molar-refractivity contribution in [3.63, 3.8) is 0 Å². The van der Waals surface area contributed by atoms with Crippen LogP contribution in [0.5, 0.6) is 0 Å². The molecule has 0 aromatic heterocycles. The monoisotopic (exact) mass is 301 g/mol. The van der Waals surface area contributed by atoms with Crippen LogP contribution in [0.15, 0.2) is 22.7 Å². The Hall–Kier alpha value is -0.450. The Bertz CT molecular complexity index is 416. The van der Waals surface area contributed by atoms with Crippen LogP contribution in [0.2, 0.25) is 0 Å². The third kappa shape index (κ3) is 2.54. The first-order valence-electron chi connectivity index (χ1n) is 5.80. The molecule has 0 atom stereocenters. The highest BCUT2D eigenvalue weighted by Crippen LogP contribution is 2.31. The van der Waals surface area contributed by atoms with Crippen LogP contribution in [0.1, 0.15) is 19.4 Å². The maximum Gasteiger partial charge on any atom is 0.137 e. The molecular formula is C13H17BrFNO. The molecule has 1 aliphatic rings. The molecule has 1 heterocycles. The van der Waals surface area contributed by atoms with Crippen LogP contribution in [-0.2, 0) is 6.54 Å². The molecule has 1 aliphatic heterocycles. The lowest BCUT2D eigenvalue weighted by molar-refractivity contribution is -0.130. The molecule has 1 aromatic carbocycles. The molecule has 0 saturated carbocycles. The van der Waals surface area contributed by atoms with Gasteiger partial charge in [-0.05, 0) is 33.5 Å². The van der Waals surface area contributed by atoms with E-state index in [1.165, 1.54) is 6.07 Å². The van der Waals surface area contributed by atoms with Crippen molar-refractivity contribution in [3.8, 4) is 0 Å². The van der Waals surface area contributed by atoms with Gasteiger partial charge in [0, 0.05) is 19.6 Å². The van der Waals surface area contributed by atoms with E-state index in [0.29, 0.717) is 24.1 Å². The largest absolute Gasteiger partial charge is 0.387 e. The maximum absolute atomic E-state index is 13.3. The third-order valence-corrected chi connectivity index (χ3v) is 4.38. The quantitative estimate of drug-likeness (QED) is 0.928. The Morgan fingerprint density at radius 3 is 2.71 bits per heavy atom. The molecule has 1 aromatic rings. The second kappa shape index (κ2) is 4.67. The minimum atomic E-state index is -0.570. The fourth-order valence-electron chi connectivity index (χ4n) is 2.12. The zero-order valence-electron chi connectivity index (χ0n) is 10.1. The Labute approximate surface area is 110 Å². The molecule has 1 fully saturated rings. The van der Waals surface area contributed by atoms with Crippen LogP contribution >= 0.6 is 15.9 Å². The standard InChI is InChI=1S/C13H17BrFNO/c1-9(2)13(17)7-16(8-13)6-10-4-3-5-11(15)12(10)14/h3-5,9,17H,6-8H2,1-2H3.